The number of nitrogens with one attached hydrogen (secondary N) is 3. The molecule has 0 atom stereocenters. The first-order valence-electron chi connectivity index (χ1n) is 8.86. The first-order chi connectivity index (χ1) is 12.6. The van der Waals surface area contributed by atoms with Gasteiger partial charge in [0.05, 0.1) is 11.9 Å². The smallest absolute Gasteiger partial charge is 0.246 e. The number of benzene rings is 1. The zero-order valence-electron chi connectivity index (χ0n) is 15.7. The Hall–Kier alpha value is -2.89. The Morgan fingerprint density at radius 2 is 1.92 bits per heavy atom. The number of anilines is 1. The van der Waals surface area contributed by atoms with Crippen molar-refractivity contribution in [3.8, 4) is 0 Å². The minimum Gasteiger partial charge on any atom is -0.357 e. The van der Waals surface area contributed by atoms with Crippen LogP contribution in [0.15, 0.2) is 47.7 Å². The quantitative estimate of drug-likeness (QED) is 0.528. The van der Waals surface area contributed by atoms with Gasteiger partial charge in [-0.2, -0.15) is 0 Å². The standard InChI is InChI=1S/C20H27N5O/c1-4-22-20(23-9-7-17-11-15(2)10-16(3)12-17)24-14-19(26)25-18-6-5-8-21-13-18/h5-6,8,10-13H,4,7,9,14H2,1-3H3,(H,25,26)(H2,22,23,24). The molecule has 2 rings (SSSR count). The SMILES string of the molecule is CCNC(=NCC(=O)Nc1cccnc1)NCCc1cc(C)cc(C)c1. The van der Waals surface area contributed by atoms with Crippen molar-refractivity contribution in [2.75, 3.05) is 25.0 Å². The van der Waals surface area contributed by atoms with Crippen LogP contribution in [-0.4, -0.2) is 36.5 Å². The first kappa shape index (κ1) is 19.4. The Balaban J connectivity index is 1.84. The number of aromatic nitrogens is 1. The molecule has 0 bridgehead atoms. The maximum Gasteiger partial charge on any atom is 0.246 e. The molecule has 1 heterocycles. The second-order valence-electron chi connectivity index (χ2n) is 6.16. The van der Waals surface area contributed by atoms with E-state index in [9.17, 15) is 4.79 Å². The van der Waals surface area contributed by atoms with Gasteiger partial charge in [0.2, 0.25) is 5.91 Å². The molecule has 1 aromatic heterocycles. The van der Waals surface area contributed by atoms with Crippen LogP contribution in [0, 0.1) is 13.8 Å². The zero-order valence-corrected chi connectivity index (χ0v) is 15.7. The molecule has 138 valence electrons. The van der Waals surface area contributed by atoms with Crippen LogP contribution in [0.2, 0.25) is 0 Å². The van der Waals surface area contributed by atoms with E-state index >= 15 is 0 Å². The lowest BCUT2D eigenvalue weighted by atomic mass is 10.1. The molecule has 0 radical (unpaired) electrons. The minimum atomic E-state index is -0.176. The van der Waals surface area contributed by atoms with Crippen molar-refractivity contribution in [2.45, 2.75) is 27.2 Å². The second-order valence-corrected chi connectivity index (χ2v) is 6.16. The van der Waals surface area contributed by atoms with Crippen molar-refractivity contribution in [3.63, 3.8) is 0 Å². The van der Waals surface area contributed by atoms with Gasteiger partial charge in [0.1, 0.15) is 6.54 Å². The molecule has 0 aliphatic rings. The molecule has 0 aliphatic carbocycles. The molecule has 0 spiro atoms. The summed E-state index contributed by atoms with van der Waals surface area (Å²) in [4.78, 5) is 20.3. The Kier molecular flexibility index (Phi) is 7.61. The number of hydrogen-bond acceptors (Lipinski definition) is 3. The monoisotopic (exact) mass is 353 g/mol. The highest BCUT2D eigenvalue weighted by molar-refractivity contribution is 5.93. The summed E-state index contributed by atoms with van der Waals surface area (Å²) in [6.07, 6.45) is 4.17. The van der Waals surface area contributed by atoms with Gasteiger partial charge in [0, 0.05) is 19.3 Å². The van der Waals surface area contributed by atoms with Crippen molar-refractivity contribution in [1.29, 1.82) is 0 Å². The minimum absolute atomic E-state index is 0.0494. The number of aryl methyl sites for hydroxylation is 2. The van der Waals surface area contributed by atoms with E-state index in [1.54, 1.807) is 24.5 Å². The third-order valence-corrected chi connectivity index (χ3v) is 3.66. The summed E-state index contributed by atoms with van der Waals surface area (Å²) in [7, 11) is 0. The summed E-state index contributed by atoms with van der Waals surface area (Å²) in [5.41, 5.74) is 4.50. The number of hydrogen-bond donors (Lipinski definition) is 3. The molecule has 2 aromatic rings. The third kappa shape index (κ3) is 6.93. The fraction of sp³-hybridized carbons (Fsp3) is 0.350. The maximum atomic E-state index is 12.0. The molecule has 26 heavy (non-hydrogen) atoms. The number of nitrogens with zero attached hydrogens (tertiary/aromatic N) is 2. The molecule has 0 saturated carbocycles. The second kappa shape index (κ2) is 10.2. The molecule has 6 nitrogen and oxygen atoms in total. The Bertz CT molecular complexity index is 723. The normalized spacial score (nSPS) is 11.1. The number of pyridine rings is 1. The number of carbonyl (C=O) groups excluding carboxylic acids is 1. The van der Waals surface area contributed by atoms with Gasteiger partial charge in [-0.05, 0) is 44.9 Å². The van der Waals surface area contributed by atoms with E-state index in [-0.39, 0.29) is 12.5 Å². The average Bonchev–Trinajstić information content (AvgIpc) is 2.60. The summed E-state index contributed by atoms with van der Waals surface area (Å²) in [6, 6.07) is 10.1. The molecule has 1 amide bonds. The van der Waals surface area contributed by atoms with Gasteiger partial charge in [0.15, 0.2) is 5.96 Å². The molecular formula is C20H27N5O. The summed E-state index contributed by atoms with van der Waals surface area (Å²) < 4.78 is 0. The van der Waals surface area contributed by atoms with E-state index in [0.717, 1.165) is 19.5 Å². The Labute approximate surface area is 155 Å². The van der Waals surface area contributed by atoms with Gasteiger partial charge >= 0.3 is 0 Å². The zero-order chi connectivity index (χ0) is 18.8. The van der Waals surface area contributed by atoms with Crippen LogP contribution in [-0.2, 0) is 11.2 Å². The van der Waals surface area contributed by atoms with Gasteiger partial charge in [-0.25, -0.2) is 4.99 Å². The molecule has 0 aliphatic heterocycles. The maximum absolute atomic E-state index is 12.0. The lowest BCUT2D eigenvalue weighted by molar-refractivity contribution is -0.114. The summed E-state index contributed by atoms with van der Waals surface area (Å²) in [5, 5.41) is 9.20. The number of carbonyl (C=O) groups is 1. The topological polar surface area (TPSA) is 78.4 Å². The molecule has 3 N–H and O–H groups in total. The van der Waals surface area contributed by atoms with Gasteiger partial charge in [-0.15, -0.1) is 0 Å². The lowest BCUT2D eigenvalue weighted by Crippen LogP contribution is -2.39. The predicted molar refractivity (Wildman–Crippen MR) is 106 cm³/mol. The van der Waals surface area contributed by atoms with Crippen LogP contribution in [0.1, 0.15) is 23.6 Å². The van der Waals surface area contributed by atoms with Crippen molar-refractivity contribution >= 4 is 17.6 Å². The summed E-state index contributed by atoms with van der Waals surface area (Å²) in [6.45, 7) is 7.75. The molecule has 0 fully saturated rings. The van der Waals surface area contributed by atoms with E-state index in [2.05, 4.69) is 58.0 Å². The Morgan fingerprint density at radius 3 is 2.58 bits per heavy atom. The number of rotatable bonds is 7. The highest BCUT2D eigenvalue weighted by atomic mass is 16.1. The molecule has 1 aromatic carbocycles. The summed E-state index contributed by atoms with van der Waals surface area (Å²) >= 11 is 0. The number of guanidine groups is 1. The lowest BCUT2D eigenvalue weighted by Gasteiger charge is -2.12. The van der Waals surface area contributed by atoms with E-state index < -0.39 is 0 Å². The van der Waals surface area contributed by atoms with Crippen molar-refractivity contribution in [2.24, 2.45) is 4.99 Å². The van der Waals surface area contributed by atoms with E-state index in [1.807, 2.05) is 6.92 Å². The van der Waals surface area contributed by atoms with Crippen LogP contribution in [0.4, 0.5) is 5.69 Å². The van der Waals surface area contributed by atoms with Crippen LogP contribution in [0.25, 0.3) is 0 Å². The first-order valence-corrected chi connectivity index (χ1v) is 8.86. The largest absolute Gasteiger partial charge is 0.357 e. The van der Waals surface area contributed by atoms with E-state index in [1.165, 1.54) is 16.7 Å². The van der Waals surface area contributed by atoms with E-state index in [0.29, 0.717) is 11.6 Å². The molecular weight excluding hydrogens is 326 g/mol. The number of aliphatic imine (C=N–C) groups is 1. The number of amides is 1. The van der Waals surface area contributed by atoms with Crippen molar-refractivity contribution in [1.82, 2.24) is 15.6 Å². The average molecular weight is 353 g/mol. The fourth-order valence-electron chi connectivity index (χ4n) is 2.67. The van der Waals surface area contributed by atoms with E-state index in [4.69, 9.17) is 0 Å². The molecule has 0 saturated heterocycles. The van der Waals surface area contributed by atoms with Crippen LogP contribution >= 0.6 is 0 Å². The van der Waals surface area contributed by atoms with Gasteiger partial charge in [0.25, 0.3) is 0 Å². The molecule has 6 heteroatoms. The van der Waals surface area contributed by atoms with Crippen LogP contribution in [0.5, 0.6) is 0 Å². The predicted octanol–water partition coefficient (Wildman–Crippen LogP) is 2.43. The third-order valence-electron chi connectivity index (χ3n) is 3.66. The highest BCUT2D eigenvalue weighted by Gasteiger charge is 2.03. The van der Waals surface area contributed by atoms with Gasteiger partial charge in [-0.1, -0.05) is 29.3 Å². The Morgan fingerprint density at radius 1 is 1.15 bits per heavy atom. The highest BCUT2D eigenvalue weighted by Crippen LogP contribution is 2.09. The fourth-order valence-corrected chi connectivity index (χ4v) is 2.67. The van der Waals surface area contributed by atoms with Crippen molar-refractivity contribution < 1.29 is 4.79 Å². The summed E-state index contributed by atoms with van der Waals surface area (Å²) in [5.74, 6) is 0.461. The van der Waals surface area contributed by atoms with Gasteiger partial charge in [-0.3, -0.25) is 9.78 Å². The van der Waals surface area contributed by atoms with Crippen molar-refractivity contribution in [3.05, 3.63) is 59.4 Å². The van der Waals surface area contributed by atoms with Crippen LogP contribution in [0.3, 0.4) is 0 Å². The van der Waals surface area contributed by atoms with Gasteiger partial charge < -0.3 is 16.0 Å². The molecule has 0 unspecified atom stereocenters. The van der Waals surface area contributed by atoms with Crippen LogP contribution < -0.4 is 16.0 Å².